The molecular formula is C12H16ClNO. The summed E-state index contributed by atoms with van der Waals surface area (Å²) in [6.45, 7) is 4.85. The van der Waals surface area contributed by atoms with Crippen LogP contribution in [0.4, 0.5) is 5.69 Å². The van der Waals surface area contributed by atoms with Gasteiger partial charge in [-0.1, -0.05) is 17.7 Å². The Labute approximate surface area is 95.6 Å². The van der Waals surface area contributed by atoms with Crippen molar-refractivity contribution in [3.05, 3.63) is 28.8 Å². The minimum Gasteiger partial charge on any atom is -0.384 e. The molecule has 3 heteroatoms. The lowest BCUT2D eigenvalue weighted by atomic mass is 10.1. The van der Waals surface area contributed by atoms with Crippen LogP contribution < -0.4 is 5.32 Å². The SMILES string of the molecule is Cc1ccc(Cl)cc1NCC1CCOC1. The average molecular weight is 226 g/mol. The van der Waals surface area contributed by atoms with Crippen LogP contribution in [-0.4, -0.2) is 19.8 Å². The molecule has 1 aliphatic heterocycles. The molecule has 0 radical (unpaired) electrons. The largest absolute Gasteiger partial charge is 0.384 e. The van der Waals surface area contributed by atoms with Gasteiger partial charge in [0, 0.05) is 29.8 Å². The minimum absolute atomic E-state index is 0.642. The molecule has 0 aromatic heterocycles. The fourth-order valence-corrected chi connectivity index (χ4v) is 1.96. The summed E-state index contributed by atoms with van der Waals surface area (Å²) >= 11 is 5.95. The molecular weight excluding hydrogens is 210 g/mol. The third-order valence-electron chi connectivity index (χ3n) is 2.80. The molecule has 1 aliphatic rings. The van der Waals surface area contributed by atoms with Gasteiger partial charge in [-0.05, 0) is 31.0 Å². The highest BCUT2D eigenvalue weighted by Gasteiger charge is 2.15. The number of anilines is 1. The van der Waals surface area contributed by atoms with Crippen molar-refractivity contribution < 1.29 is 4.74 Å². The molecule has 1 atom stereocenters. The van der Waals surface area contributed by atoms with E-state index in [0.717, 1.165) is 36.9 Å². The van der Waals surface area contributed by atoms with Crippen molar-refractivity contribution in [1.82, 2.24) is 0 Å². The molecule has 0 saturated carbocycles. The molecule has 2 nitrogen and oxygen atoms in total. The molecule has 0 spiro atoms. The van der Waals surface area contributed by atoms with E-state index in [1.807, 2.05) is 18.2 Å². The molecule has 82 valence electrons. The van der Waals surface area contributed by atoms with Crippen LogP contribution >= 0.6 is 11.6 Å². The second-order valence-corrected chi connectivity index (χ2v) is 4.51. The maximum absolute atomic E-state index is 5.95. The summed E-state index contributed by atoms with van der Waals surface area (Å²) in [6, 6.07) is 5.93. The Bertz CT molecular complexity index is 334. The zero-order chi connectivity index (χ0) is 10.7. The Morgan fingerprint density at radius 2 is 2.40 bits per heavy atom. The van der Waals surface area contributed by atoms with Crippen LogP contribution in [0.1, 0.15) is 12.0 Å². The van der Waals surface area contributed by atoms with E-state index in [2.05, 4.69) is 12.2 Å². The van der Waals surface area contributed by atoms with E-state index in [9.17, 15) is 0 Å². The van der Waals surface area contributed by atoms with E-state index in [1.165, 1.54) is 5.56 Å². The van der Waals surface area contributed by atoms with Crippen LogP contribution in [0.5, 0.6) is 0 Å². The summed E-state index contributed by atoms with van der Waals surface area (Å²) < 4.78 is 5.33. The maximum Gasteiger partial charge on any atom is 0.0511 e. The second kappa shape index (κ2) is 4.86. The maximum atomic E-state index is 5.95. The number of rotatable bonds is 3. The van der Waals surface area contributed by atoms with Crippen molar-refractivity contribution in [2.24, 2.45) is 5.92 Å². The molecule has 15 heavy (non-hydrogen) atoms. The smallest absolute Gasteiger partial charge is 0.0511 e. The highest BCUT2D eigenvalue weighted by Crippen LogP contribution is 2.21. The first-order chi connectivity index (χ1) is 7.25. The van der Waals surface area contributed by atoms with Crippen LogP contribution in [0.2, 0.25) is 5.02 Å². The van der Waals surface area contributed by atoms with E-state index >= 15 is 0 Å². The monoisotopic (exact) mass is 225 g/mol. The third-order valence-corrected chi connectivity index (χ3v) is 3.04. The Morgan fingerprint density at radius 3 is 3.13 bits per heavy atom. The zero-order valence-corrected chi connectivity index (χ0v) is 9.68. The highest BCUT2D eigenvalue weighted by molar-refractivity contribution is 6.30. The number of halogens is 1. The van der Waals surface area contributed by atoms with Crippen molar-refractivity contribution in [3.8, 4) is 0 Å². The van der Waals surface area contributed by atoms with Gasteiger partial charge in [-0.2, -0.15) is 0 Å². The van der Waals surface area contributed by atoms with Gasteiger partial charge in [-0.15, -0.1) is 0 Å². The van der Waals surface area contributed by atoms with Crippen LogP contribution in [0.3, 0.4) is 0 Å². The van der Waals surface area contributed by atoms with Gasteiger partial charge in [0.25, 0.3) is 0 Å². The van der Waals surface area contributed by atoms with Crippen molar-refractivity contribution in [2.75, 3.05) is 25.1 Å². The molecule has 1 saturated heterocycles. The Morgan fingerprint density at radius 1 is 1.53 bits per heavy atom. The Kier molecular flexibility index (Phi) is 3.49. The van der Waals surface area contributed by atoms with Gasteiger partial charge < -0.3 is 10.1 Å². The van der Waals surface area contributed by atoms with Gasteiger partial charge in [0.2, 0.25) is 0 Å². The Balaban J connectivity index is 1.94. The fraction of sp³-hybridized carbons (Fsp3) is 0.500. The lowest BCUT2D eigenvalue weighted by molar-refractivity contribution is 0.187. The summed E-state index contributed by atoms with van der Waals surface area (Å²) in [5, 5.41) is 4.21. The average Bonchev–Trinajstić information content (AvgIpc) is 2.72. The van der Waals surface area contributed by atoms with Crippen LogP contribution in [0, 0.1) is 12.8 Å². The van der Waals surface area contributed by atoms with E-state index in [0.29, 0.717) is 5.92 Å². The first kappa shape index (κ1) is 10.8. The predicted molar refractivity (Wildman–Crippen MR) is 63.6 cm³/mol. The number of ether oxygens (including phenoxy) is 1. The fourth-order valence-electron chi connectivity index (χ4n) is 1.78. The van der Waals surface area contributed by atoms with Gasteiger partial charge in [0.05, 0.1) is 6.61 Å². The van der Waals surface area contributed by atoms with Crippen molar-refractivity contribution in [2.45, 2.75) is 13.3 Å². The van der Waals surface area contributed by atoms with Gasteiger partial charge in [0.1, 0.15) is 0 Å². The number of aryl methyl sites for hydroxylation is 1. The number of hydrogen-bond donors (Lipinski definition) is 1. The lowest BCUT2D eigenvalue weighted by Crippen LogP contribution is -2.14. The molecule has 1 fully saturated rings. The lowest BCUT2D eigenvalue weighted by Gasteiger charge is -2.13. The quantitative estimate of drug-likeness (QED) is 0.854. The van der Waals surface area contributed by atoms with Gasteiger partial charge in [-0.25, -0.2) is 0 Å². The van der Waals surface area contributed by atoms with Crippen molar-refractivity contribution in [3.63, 3.8) is 0 Å². The van der Waals surface area contributed by atoms with E-state index in [4.69, 9.17) is 16.3 Å². The Hall–Kier alpha value is -0.730. The zero-order valence-electron chi connectivity index (χ0n) is 8.92. The summed E-state index contributed by atoms with van der Waals surface area (Å²) in [4.78, 5) is 0. The summed E-state index contributed by atoms with van der Waals surface area (Å²) in [5.41, 5.74) is 2.37. The normalized spacial score (nSPS) is 20.5. The molecule has 0 bridgehead atoms. The van der Waals surface area contributed by atoms with E-state index in [1.54, 1.807) is 0 Å². The summed E-state index contributed by atoms with van der Waals surface area (Å²) in [7, 11) is 0. The van der Waals surface area contributed by atoms with E-state index in [-0.39, 0.29) is 0 Å². The van der Waals surface area contributed by atoms with Crippen molar-refractivity contribution >= 4 is 17.3 Å². The molecule has 2 rings (SSSR count). The number of benzene rings is 1. The molecule has 1 heterocycles. The summed E-state index contributed by atoms with van der Waals surface area (Å²) in [6.07, 6.45) is 1.16. The summed E-state index contributed by atoms with van der Waals surface area (Å²) in [5.74, 6) is 0.642. The van der Waals surface area contributed by atoms with Gasteiger partial charge >= 0.3 is 0 Å². The molecule has 1 aromatic carbocycles. The number of nitrogens with one attached hydrogen (secondary N) is 1. The molecule has 1 unspecified atom stereocenters. The predicted octanol–water partition coefficient (Wildman–Crippen LogP) is 3.10. The van der Waals surface area contributed by atoms with Gasteiger partial charge in [-0.3, -0.25) is 0 Å². The van der Waals surface area contributed by atoms with Gasteiger partial charge in [0.15, 0.2) is 0 Å². The second-order valence-electron chi connectivity index (χ2n) is 4.07. The number of hydrogen-bond acceptors (Lipinski definition) is 2. The van der Waals surface area contributed by atoms with Crippen LogP contribution in [0.15, 0.2) is 18.2 Å². The first-order valence-electron chi connectivity index (χ1n) is 5.33. The standard InChI is InChI=1S/C12H16ClNO/c1-9-2-3-11(13)6-12(9)14-7-10-4-5-15-8-10/h2-3,6,10,14H,4-5,7-8H2,1H3. The first-order valence-corrected chi connectivity index (χ1v) is 5.71. The molecule has 0 amide bonds. The topological polar surface area (TPSA) is 21.3 Å². The van der Waals surface area contributed by atoms with Crippen LogP contribution in [0.25, 0.3) is 0 Å². The minimum atomic E-state index is 0.642. The van der Waals surface area contributed by atoms with E-state index < -0.39 is 0 Å². The molecule has 1 N–H and O–H groups in total. The highest BCUT2D eigenvalue weighted by atomic mass is 35.5. The molecule has 1 aromatic rings. The molecule has 0 aliphatic carbocycles. The van der Waals surface area contributed by atoms with Crippen molar-refractivity contribution in [1.29, 1.82) is 0 Å². The third kappa shape index (κ3) is 2.86. The van der Waals surface area contributed by atoms with Crippen LogP contribution in [-0.2, 0) is 4.74 Å².